The molecule has 0 fully saturated rings. The van der Waals surface area contributed by atoms with Crippen LogP contribution in [-0.4, -0.2) is 23.9 Å². The van der Waals surface area contributed by atoms with Crippen LogP contribution in [0.1, 0.15) is 37.6 Å². The summed E-state index contributed by atoms with van der Waals surface area (Å²) in [6, 6.07) is 10.2. The predicted octanol–water partition coefficient (Wildman–Crippen LogP) is 4.49. The summed E-state index contributed by atoms with van der Waals surface area (Å²) in [5.41, 5.74) is 0.560. The maximum atomic E-state index is 13.8. The van der Waals surface area contributed by atoms with Gasteiger partial charge in [-0.1, -0.05) is 38.1 Å². The molecule has 1 unspecified atom stereocenters. The summed E-state index contributed by atoms with van der Waals surface area (Å²) < 4.78 is 13.8. The molecule has 112 valence electrons. The fourth-order valence-corrected chi connectivity index (χ4v) is 2.68. The summed E-state index contributed by atoms with van der Waals surface area (Å²) in [7, 11) is 1.81. The van der Waals surface area contributed by atoms with Gasteiger partial charge in [0.1, 0.15) is 5.82 Å². The molecular formula is C18H22FNO. The third-order valence-corrected chi connectivity index (χ3v) is 3.90. The summed E-state index contributed by atoms with van der Waals surface area (Å²) in [4.78, 5) is 14.4. The molecule has 0 N–H and O–H groups in total. The third-order valence-electron chi connectivity index (χ3n) is 3.90. The molecule has 0 radical (unpaired) electrons. The molecule has 1 atom stereocenters. The van der Waals surface area contributed by atoms with Gasteiger partial charge < -0.3 is 4.90 Å². The predicted molar refractivity (Wildman–Crippen MR) is 84.9 cm³/mol. The second-order valence-corrected chi connectivity index (χ2v) is 6.04. The number of carbonyl (C=O) groups is 1. The Balaban J connectivity index is 2.38. The van der Waals surface area contributed by atoms with Crippen molar-refractivity contribution >= 4 is 16.7 Å². The highest BCUT2D eigenvalue weighted by Crippen LogP contribution is 2.24. The highest BCUT2D eigenvalue weighted by Gasteiger charge is 2.20. The first kappa shape index (κ1) is 15.5. The quantitative estimate of drug-likeness (QED) is 0.811. The average Bonchev–Trinajstić information content (AvgIpc) is 2.46. The van der Waals surface area contributed by atoms with E-state index in [2.05, 4.69) is 13.8 Å². The Hall–Kier alpha value is -1.90. The molecule has 2 aromatic rings. The van der Waals surface area contributed by atoms with Gasteiger partial charge in [-0.25, -0.2) is 4.39 Å². The minimum Gasteiger partial charge on any atom is -0.339 e. The number of halogens is 1. The number of amides is 1. The van der Waals surface area contributed by atoms with Gasteiger partial charge >= 0.3 is 0 Å². The summed E-state index contributed by atoms with van der Waals surface area (Å²) in [5, 5.41) is 1.17. The molecule has 2 nitrogen and oxygen atoms in total. The van der Waals surface area contributed by atoms with E-state index < -0.39 is 0 Å². The van der Waals surface area contributed by atoms with Crippen LogP contribution in [0.2, 0.25) is 0 Å². The van der Waals surface area contributed by atoms with Crippen LogP contribution >= 0.6 is 0 Å². The molecule has 0 heterocycles. The molecule has 0 bridgehead atoms. The molecule has 0 aliphatic heterocycles. The standard InChI is InChI=1S/C18H22FNO/c1-12(2)11-13(3)20(4)18(21)16-9-10-17(19)15-8-6-5-7-14(15)16/h5-10,12-13H,11H2,1-4H3. The van der Waals surface area contributed by atoms with Gasteiger partial charge in [0.2, 0.25) is 0 Å². The Labute approximate surface area is 125 Å². The number of hydrogen-bond donors (Lipinski definition) is 0. The first-order valence-corrected chi connectivity index (χ1v) is 7.36. The van der Waals surface area contributed by atoms with Crippen LogP contribution in [0.5, 0.6) is 0 Å². The molecule has 0 aromatic heterocycles. The van der Waals surface area contributed by atoms with Gasteiger partial charge in [0.25, 0.3) is 5.91 Å². The van der Waals surface area contributed by atoms with E-state index in [0.717, 1.165) is 6.42 Å². The van der Waals surface area contributed by atoms with Crippen LogP contribution < -0.4 is 0 Å². The van der Waals surface area contributed by atoms with Gasteiger partial charge in [0, 0.05) is 24.0 Å². The first-order valence-electron chi connectivity index (χ1n) is 7.36. The molecule has 0 saturated heterocycles. The molecule has 3 heteroatoms. The highest BCUT2D eigenvalue weighted by molar-refractivity contribution is 6.07. The molecule has 2 aromatic carbocycles. The Morgan fingerprint density at radius 2 is 1.71 bits per heavy atom. The lowest BCUT2D eigenvalue weighted by atomic mass is 10.0. The van der Waals surface area contributed by atoms with E-state index in [1.54, 1.807) is 29.2 Å². The van der Waals surface area contributed by atoms with E-state index in [9.17, 15) is 9.18 Å². The van der Waals surface area contributed by atoms with Crippen LogP contribution in [0.4, 0.5) is 4.39 Å². The maximum absolute atomic E-state index is 13.8. The Bertz CT molecular complexity index is 651. The van der Waals surface area contributed by atoms with Crippen molar-refractivity contribution in [1.82, 2.24) is 4.90 Å². The molecule has 0 aliphatic carbocycles. The lowest BCUT2D eigenvalue weighted by Gasteiger charge is -2.27. The van der Waals surface area contributed by atoms with Crippen LogP contribution in [0.3, 0.4) is 0 Å². The van der Waals surface area contributed by atoms with Crippen molar-refractivity contribution in [2.24, 2.45) is 5.92 Å². The van der Waals surface area contributed by atoms with Crippen LogP contribution in [0.15, 0.2) is 36.4 Å². The summed E-state index contributed by atoms with van der Waals surface area (Å²) >= 11 is 0. The molecule has 0 spiro atoms. The van der Waals surface area contributed by atoms with Gasteiger partial charge in [0.05, 0.1) is 0 Å². The number of fused-ring (bicyclic) bond motifs is 1. The Morgan fingerprint density at radius 1 is 1.10 bits per heavy atom. The van der Waals surface area contributed by atoms with Crippen molar-refractivity contribution in [3.8, 4) is 0 Å². The van der Waals surface area contributed by atoms with E-state index in [1.807, 2.05) is 20.0 Å². The first-order chi connectivity index (χ1) is 9.91. The average molecular weight is 287 g/mol. The third kappa shape index (κ3) is 3.23. The number of rotatable bonds is 4. The fraction of sp³-hybridized carbons (Fsp3) is 0.389. The monoisotopic (exact) mass is 287 g/mol. The van der Waals surface area contributed by atoms with Gasteiger partial charge in [-0.05, 0) is 36.8 Å². The van der Waals surface area contributed by atoms with Gasteiger partial charge in [-0.2, -0.15) is 0 Å². The topological polar surface area (TPSA) is 20.3 Å². The van der Waals surface area contributed by atoms with Crippen molar-refractivity contribution in [2.75, 3.05) is 7.05 Å². The molecule has 2 rings (SSSR count). The Kier molecular flexibility index (Phi) is 4.61. The fourth-order valence-electron chi connectivity index (χ4n) is 2.68. The second-order valence-electron chi connectivity index (χ2n) is 6.04. The molecular weight excluding hydrogens is 265 g/mol. The van der Waals surface area contributed by atoms with Gasteiger partial charge in [0.15, 0.2) is 0 Å². The van der Waals surface area contributed by atoms with Crippen LogP contribution in [-0.2, 0) is 0 Å². The van der Waals surface area contributed by atoms with E-state index in [4.69, 9.17) is 0 Å². The number of nitrogens with zero attached hydrogens (tertiary/aromatic N) is 1. The normalized spacial score (nSPS) is 12.7. The highest BCUT2D eigenvalue weighted by atomic mass is 19.1. The van der Waals surface area contributed by atoms with E-state index in [1.165, 1.54) is 6.07 Å². The van der Waals surface area contributed by atoms with Crippen LogP contribution in [0.25, 0.3) is 10.8 Å². The molecule has 0 saturated carbocycles. The summed E-state index contributed by atoms with van der Waals surface area (Å²) in [5.74, 6) is 0.180. The zero-order valence-electron chi connectivity index (χ0n) is 13.1. The van der Waals surface area contributed by atoms with Gasteiger partial charge in [-0.3, -0.25) is 4.79 Å². The minimum absolute atomic E-state index is 0.0562. The smallest absolute Gasteiger partial charge is 0.254 e. The number of hydrogen-bond acceptors (Lipinski definition) is 1. The molecule has 1 amide bonds. The minimum atomic E-state index is -0.292. The van der Waals surface area contributed by atoms with E-state index >= 15 is 0 Å². The van der Waals surface area contributed by atoms with E-state index in [0.29, 0.717) is 22.3 Å². The number of benzene rings is 2. The zero-order chi connectivity index (χ0) is 15.6. The van der Waals surface area contributed by atoms with Crippen molar-refractivity contribution in [2.45, 2.75) is 33.2 Å². The SMILES string of the molecule is CC(C)CC(C)N(C)C(=O)c1ccc(F)c2ccccc12. The van der Waals surface area contributed by atoms with Crippen molar-refractivity contribution in [3.05, 3.63) is 47.8 Å². The second kappa shape index (κ2) is 6.25. The van der Waals surface area contributed by atoms with Crippen LogP contribution in [0, 0.1) is 11.7 Å². The summed E-state index contributed by atoms with van der Waals surface area (Å²) in [6.45, 7) is 6.33. The van der Waals surface area contributed by atoms with Gasteiger partial charge in [-0.15, -0.1) is 0 Å². The van der Waals surface area contributed by atoms with Crippen molar-refractivity contribution < 1.29 is 9.18 Å². The Morgan fingerprint density at radius 3 is 2.33 bits per heavy atom. The van der Waals surface area contributed by atoms with E-state index in [-0.39, 0.29) is 17.8 Å². The maximum Gasteiger partial charge on any atom is 0.254 e. The number of carbonyl (C=O) groups excluding carboxylic acids is 1. The molecule has 0 aliphatic rings. The zero-order valence-corrected chi connectivity index (χ0v) is 13.1. The van der Waals surface area contributed by atoms with Crippen molar-refractivity contribution in [1.29, 1.82) is 0 Å². The summed E-state index contributed by atoms with van der Waals surface area (Å²) in [6.07, 6.45) is 0.946. The lowest BCUT2D eigenvalue weighted by Crippen LogP contribution is -2.36. The lowest BCUT2D eigenvalue weighted by molar-refractivity contribution is 0.0730. The largest absolute Gasteiger partial charge is 0.339 e. The van der Waals surface area contributed by atoms with Crippen molar-refractivity contribution in [3.63, 3.8) is 0 Å². The molecule has 21 heavy (non-hydrogen) atoms.